The zero-order valence-electron chi connectivity index (χ0n) is 22.3. The minimum Gasteiger partial charge on any atom is -0.423 e. The lowest BCUT2D eigenvalue weighted by Gasteiger charge is -2.26. The molecule has 0 saturated heterocycles. The predicted octanol–water partition coefficient (Wildman–Crippen LogP) is 8.67. The van der Waals surface area contributed by atoms with Crippen LogP contribution in [0.3, 0.4) is 0 Å². The van der Waals surface area contributed by atoms with Gasteiger partial charge in [-0.05, 0) is 82.9 Å². The van der Waals surface area contributed by atoms with E-state index in [2.05, 4.69) is 78.7 Å². The molecule has 0 aliphatic rings. The summed E-state index contributed by atoms with van der Waals surface area (Å²) in [7, 11) is 0. The van der Waals surface area contributed by atoms with Crippen molar-refractivity contribution in [1.29, 1.82) is 0 Å². The lowest BCUT2D eigenvalue weighted by molar-refractivity contribution is -0.129. The van der Waals surface area contributed by atoms with Crippen molar-refractivity contribution in [2.75, 3.05) is 4.90 Å². The van der Waals surface area contributed by atoms with Crippen molar-refractivity contribution >= 4 is 29.0 Å². The van der Waals surface area contributed by atoms with Gasteiger partial charge in [-0.3, -0.25) is 0 Å². The van der Waals surface area contributed by atoms with E-state index >= 15 is 0 Å². The first-order valence-corrected chi connectivity index (χ1v) is 13.0. The van der Waals surface area contributed by atoms with Crippen LogP contribution in [0.4, 0.5) is 17.1 Å². The molecule has 41 heavy (non-hydrogen) atoms. The molecule has 0 radical (unpaired) electrons. The number of anilines is 3. The van der Waals surface area contributed by atoms with Gasteiger partial charge in [0.15, 0.2) is 0 Å². The Hall–Kier alpha value is -5.68. The first-order chi connectivity index (χ1) is 20.0. The molecule has 5 aromatic rings. The highest BCUT2D eigenvalue weighted by Gasteiger charge is 2.13. The quantitative estimate of drug-likeness (QED) is 0.107. The highest BCUT2D eigenvalue weighted by atomic mass is 16.5. The summed E-state index contributed by atoms with van der Waals surface area (Å²) < 4.78 is 10.4. The van der Waals surface area contributed by atoms with Gasteiger partial charge in [-0.2, -0.15) is 0 Å². The molecule has 5 heteroatoms. The molecule has 0 saturated carbocycles. The number of rotatable bonds is 9. The molecule has 0 aliphatic carbocycles. The van der Waals surface area contributed by atoms with Crippen LogP contribution in [0.15, 0.2) is 153 Å². The van der Waals surface area contributed by atoms with Crippen molar-refractivity contribution < 1.29 is 19.1 Å². The van der Waals surface area contributed by atoms with E-state index in [9.17, 15) is 9.59 Å². The maximum Gasteiger partial charge on any atom is 0.335 e. The summed E-state index contributed by atoms with van der Waals surface area (Å²) in [6, 6.07) is 41.6. The highest BCUT2D eigenvalue weighted by molar-refractivity contribution is 5.84. The third kappa shape index (κ3) is 6.49. The fourth-order valence-electron chi connectivity index (χ4n) is 4.38. The monoisotopic (exact) mass is 537 g/mol. The minimum absolute atomic E-state index is 0.473. The first-order valence-electron chi connectivity index (χ1n) is 13.0. The standard InChI is InChI=1S/C36H27NO4/c1-3-35(38)40-33-22-14-28(15-23-33)26-10-18-31(19-11-26)37(30-8-6-5-7-9-30)32-20-12-27(13-21-32)29-16-24-34(25-17-29)41-36(39)4-2/h3-25H,1-2H2. The summed E-state index contributed by atoms with van der Waals surface area (Å²) in [4.78, 5) is 25.1. The average molecular weight is 538 g/mol. The molecule has 0 bridgehead atoms. The van der Waals surface area contributed by atoms with Gasteiger partial charge in [0.1, 0.15) is 11.5 Å². The second-order valence-corrected chi connectivity index (χ2v) is 9.06. The fourth-order valence-corrected chi connectivity index (χ4v) is 4.38. The number of hydrogen-bond donors (Lipinski definition) is 0. The number of nitrogens with zero attached hydrogens (tertiary/aromatic N) is 1. The summed E-state index contributed by atoms with van der Waals surface area (Å²) in [5, 5.41) is 0. The Balaban J connectivity index is 1.39. The van der Waals surface area contributed by atoms with E-state index in [4.69, 9.17) is 9.47 Å². The molecular weight excluding hydrogens is 510 g/mol. The molecule has 200 valence electrons. The van der Waals surface area contributed by atoms with Gasteiger partial charge >= 0.3 is 11.9 Å². The smallest absolute Gasteiger partial charge is 0.335 e. The number of para-hydroxylation sites is 1. The Morgan fingerprint density at radius 2 is 0.780 bits per heavy atom. The van der Waals surface area contributed by atoms with Crippen LogP contribution >= 0.6 is 0 Å². The molecule has 5 rings (SSSR count). The largest absolute Gasteiger partial charge is 0.423 e. The Bertz CT molecular complexity index is 1550. The predicted molar refractivity (Wildman–Crippen MR) is 164 cm³/mol. The second-order valence-electron chi connectivity index (χ2n) is 9.06. The summed E-state index contributed by atoms with van der Waals surface area (Å²) in [5.41, 5.74) is 7.17. The fraction of sp³-hybridized carbons (Fsp3) is 0. The Labute approximate surface area is 239 Å². The Morgan fingerprint density at radius 3 is 1.12 bits per heavy atom. The first kappa shape index (κ1) is 26.9. The van der Waals surface area contributed by atoms with E-state index in [0.29, 0.717) is 11.5 Å². The van der Waals surface area contributed by atoms with Crippen molar-refractivity contribution in [3.8, 4) is 33.8 Å². The van der Waals surface area contributed by atoms with Crippen LogP contribution in [0, 0.1) is 0 Å². The normalized spacial score (nSPS) is 10.3. The zero-order valence-corrected chi connectivity index (χ0v) is 22.3. The van der Waals surface area contributed by atoms with Gasteiger partial charge in [-0.1, -0.05) is 79.9 Å². The van der Waals surface area contributed by atoms with E-state index in [1.165, 1.54) is 0 Å². The van der Waals surface area contributed by atoms with Crippen LogP contribution in [-0.2, 0) is 9.59 Å². The van der Waals surface area contributed by atoms with Crippen LogP contribution in [-0.4, -0.2) is 11.9 Å². The number of carbonyl (C=O) groups excluding carboxylic acids is 2. The van der Waals surface area contributed by atoms with Gasteiger partial charge in [-0.15, -0.1) is 0 Å². The van der Waals surface area contributed by atoms with E-state index in [0.717, 1.165) is 51.5 Å². The van der Waals surface area contributed by atoms with Crippen molar-refractivity contribution in [2.45, 2.75) is 0 Å². The van der Waals surface area contributed by atoms with Gasteiger partial charge in [0, 0.05) is 29.2 Å². The lowest BCUT2D eigenvalue weighted by Crippen LogP contribution is -2.09. The lowest BCUT2D eigenvalue weighted by atomic mass is 10.0. The van der Waals surface area contributed by atoms with Crippen molar-refractivity contribution in [1.82, 2.24) is 0 Å². The number of ether oxygens (including phenoxy) is 2. The maximum atomic E-state index is 11.5. The molecule has 5 aromatic carbocycles. The van der Waals surface area contributed by atoms with Gasteiger partial charge in [-0.25, -0.2) is 9.59 Å². The molecule has 0 fully saturated rings. The molecular formula is C36H27NO4. The van der Waals surface area contributed by atoms with Crippen molar-refractivity contribution in [3.05, 3.63) is 153 Å². The molecule has 0 amide bonds. The van der Waals surface area contributed by atoms with E-state index in [-0.39, 0.29) is 0 Å². The summed E-state index contributed by atoms with van der Waals surface area (Å²) in [6.07, 6.45) is 2.28. The average Bonchev–Trinajstić information content (AvgIpc) is 3.03. The summed E-state index contributed by atoms with van der Waals surface area (Å²) in [5.74, 6) is -0.0248. The molecule has 0 heterocycles. The third-order valence-corrected chi connectivity index (χ3v) is 6.41. The van der Waals surface area contributed by atoms with Crippen LogP contribution in [0.2, 0.25) is 0 Å². The number of carbonyl (C=O) groups is 2. The van der Waals surface area contributed by atoms with Gasteiger partial charge in [0.25, 0.3) is 0 Å². The number of hydrogen-bond acceptors (Lipinski definition) is 5. The van der Waals surface area contributed by atoms with E-state index in [1.54, 1.807) is 24.3 Å². The summed E-state index contributed by atoms with van der Waals surface area (Å²) in [6.45, 7) is 6.85. The van der Waals surface area contributed by atoms with Gasteiger partial charge in [0.2, 0.25) is 0 Å². The molecule has 0 spiro atoms. The molecule has 5 nitrogen and oxygen atoms in total. The van der Waals surface area contributed by atoms with E-state index in [1.807, 2.05) is 42.5 Å². The van der Waals surface area contributed by atoms with Crippen LogP contribution in [0.5, 0.6) is 11.5 Å². The Morgan fingerprint density at radius 1 is 0.463 bits per heavy atom. The minimum atomic E-state index is -0.486. The van der Waals surface area contributed by atoms with Crippen LogP contribution < -0.4 is 14.4 Å². The second kappa shape index (κ2) is 12.5. The van der Waals surface area contributed by atoms with Crippen molar-refractivity contribution in [3.63, 3.8) is 0 Å². The third-order valence-electron chi connectivity index (χ3n) is 6.41. The number of benzene rings is 5. The topological polar surface area (TPSA) is 55.8 Å². The number of esters is 2. The highest BCUT2D eigenvalue weighted by Crippen LogP contribution is 2.36. The van der Waals surface area contributed by atoms with Crippen LogP contribution in [0.25, 0.3) is 22.3 Å². The van der Waals surface area contributed by atoms with Gasteiger partial charge in [0.05, 0.1) is 0 Å². The van der Waals surface area contributed by atoms with Crippen LogP contribution in [0.1, 0.15) is 0 Å². The zero-order chi connectivity index (χ0) is 28.6. The molecule has 0 N–H and O–H groups in total. The maximum absolute atomic E-state index is 11.5. The summed E-state index contributed by atoms with van der Waals surface area (Å²) >= 11 is 0. The SMILES string of the molecule is C=CC(=O)Oc1ccc(-c2ccc(N(c3ccccc3)c3ccc(-c4ccc(OC(=O)C=C)cc4)cc3)cc2)cc1. The Kier molecular flexibility index (Phi) is 8.17. The molecule has 0 unspecified atom stereocenters. The van der Waals surface area contributed by atoms with Crippen molar-refractivity contribution in [2.24, 2.45) is 0 Å². The molecule has 0 aliphatic heterocycles. The molecule has 0 atom stereocenters. The van der Waals surface area contributed by atoms with Gasteiger partial charge < -0.3 is 14.4 Å². The molecule has 0 aromatic heterocycles. The van der Waals surface area contributed by atoms with E-state index < -0.39 is 11.9 Å².